The molecule has 2 aromatic heterocycles. The van der Waals surface area contributed by atoms with Gasteiger partial charge >= 0.3 is 6.03 Å². The summed E-state index contributed by atoms with van der Waals surface area (Å²) >= 11 is 1.59. The number of likely N-dealkylation sites (N-methyl/N-ethyl adjacent to an activating group) is 1. The third-order valence-electron chi connectivity index (χ3n) is 5.75. The normalized spacial score (nSPS) is 18.7. The van der Waals surface area contributed by atoms with Gasteiger partial charge in [0.2, 0.25) is 5.91 Å². The average Bonchev–Trinajstić information content (AvgIpc) is 3.28. The lowest BCUT2D eigenvalue weighted by Crippen LogP contribution is -2.43. The molecule has 1 N–H and O–H groups in total. The number of hydrogen-bond donors (Lipinski definition) is 1. The van der Waals surface area contributed by atoms with E-state index >= 15 is 0 Å². The third-order valence-corrected chi connectivity index (χ3v) is 6.65. The minimum atomic E-state index is -1.19. The van der Waals surface area contributed by atoms with Crippen LogP contribution in [0.2, 0.25) is 0 Å². The Morgan fingerprint density at radius 3 is 2.55 bits per heavy atom. The molecule has 0 saturated carbocycles. The van der Waals surface area contributed by atoms with Crippen LogP contribution in [-0.2, 0) is 21.7 Å². The average molecular weight is 440 g/mol. The molecule has 1 fully saturated rings. The Morgan fingerprint density at radius 1 is 1.19 bits per heavy atom. The summed E-state index contributed by atoms with van der Waals surface area (Å²) in [6.45, 7) is 7.56. The van der Waals surface area contributed by atoms with Crippen LogP contribution >= 0.6 is 11.3 Å². The van der Waals surface area contributed by atoms with E-state index in [0.29, 0.717) is 12.1 Å². The SMILES string of the molecule is Cc1ccc(C2(C)NC(=O)N(CC(=O)N(C)Cc3c(C)nc4sc(C)cn34)C2=O)cc1. The van der Waals surface area contributed by atoms with Crippen molar-refractivity contribution in [1.29, 1.82) is 0 Å². The molecule has 1 aliphatic heterocycles. The molecule has 0 bridgehead atoms. The standard InChI is InChI=1S/C22H25N5O3S/c1-13-6-8-16(9-7-13)22(4)19(29)27(20(30)24-22)12-18(28)25(5)11-17-15(3)23-21-26(17)10-14(2)31-21/h6-10H,11-12H2,1-5H3,(H,24,30). The van der Waals surface area contributed by atoms with Crippen LogP contribution in [0.15, 0.2) is 30.5 Å². The number of thiazole rings is 1. The highest BCUT2D eigenvalue weighted by Crippen LogP contribution is 2.29. The molecule has 3 heterocycles. The molecular formula is C22H25N5O3S. The first-order valence-electron chi connectivity index (χ1n) is 9.99. The van der Waals surface area contributed by atoms with Crippen LogP contribution in [0, 0.1) is 20.8 Å². The van der Waals surface area contributed by atoms with E-state index < -0.39 is 17.5 Å². The Kier molecular flexibility index (Phi) is 5.09. The number of aryl methyl sites for hydroxylation is 3. The van der Waals surface area contributed by atoms with Gasteiger partial charge in [0.05, 0.1) is 17.9 Å². The summed E-state index contributed by atoms with van der Waals surface area (Å²) in [5, 5.41) is 2.75. The molecule has 0 radical (unpaired) electrons. The van der Waals surface area contributed by atoms with E-state index in [1.165, 1.54) is 4.90 Å². The minimum absolute atomic E-state index is 0.313. The smallest absolute Gasteiger partial charge is 0.325 e. The summed E-state index contributed by atoms with van der Waals surface area (Å²) < 4.78 is 1.99. The van der Waals surface area contributed by atoms with Crippen molar-refractivity contribution in [3.05, 3.63) is 57.9 Å². The zero-order chi connectivity index (χ0) is 22.5. The van der Waals surface area contributed by atoms with Crippen molar-refractivity contribution in [3.8, 4) is 0 Å². The fraction of sp³-hybridized carbons (Fsp3) is 0.364. The number of nitrogens with one attached hydrogen (secondary N) is 1. The summed E-state index contributed by atoms with van der Waals surface area (Å²) in [5.74, 6) is -0.752. The number of urea groups is 1. The zero-order valence-electron chi connectivity index (χ0n) is 18.2. The number of rotatable bonds is 5. The maximum absolute atomic E-state index is 13.1. The summed E-state index contributed by atoms with van der Waals surface area (Å²) in [5.41, 5.74) is 2.32. The van der Waals surface area contributed by atoms with E-state index in [2.05, 4.69) is 10.3 Å². The topological polar surface area (TPSA) is 87.0 Å². The second-order valence-electron chi connectivity index (χ2n) is 8.20. The highest BCUT2D eigenvalue weighted by molar-refractivity contribution is 7.17. The van der Waals surface area contributed by atoms with Crippen molar-refractivity contribution in [2.45, 2.75) is 39.8 Å². The van der Waals surface area contributed by atoms with Gasteiger partial charge in [0.1, 0.15) is 12.1 Å². The van der Waals surface area contributed by atoms with E-state index in [1.54, 1.807) is 25.3 Å². The van der Waals surface area contributed by atoms with Gasteiger partial charge in [0.15, 0.2) is 4.96 Å². The molecule has 4 amide bonds. The van der Waals surface area contributed by atoms with E-state index in [-0.39, 0.29) is 12.5 Å². The fourth-order valence-electron chi connectivity index (χ4n) is 3.79. The number of carbonyl (C=O) groups is 3. The molecule has 0 spiro atoms. The summed E-state index contributed by atoms with van der Waals surface area (Å²) in [6, 6.07) is 6.86. The highest BCUT2D eigenvalue weighted by atomic mass is 32.1. The van der Waals surface area contributed by atoms with Crippen molar-refractivity contribution in [2.75, 3.05) is 13.6 Å². The number of benzene rings is 1. The predicted molar refractivity (Wildman–Crippen MR) is 118 cm³/mol. The molecule has 162 valence electrons. The van der Waals surface area contributed by atoms with Crippen molar-refractivity contribution in [2.24, 2.45) is 0 Å². The molecule has 1 aliphatic rings. The van der Waals surface area contributed by atoms with Gasteiger partial charge in [0, 0.05) is 18.1 Å². The summed E-state index contributed by atoms with van der Waals surface area (Å²) in [4.78, 5) is 47.6. The van der Waals surface area contributed by atoms with Crippen LogP contribution in [-0.4, -0.2) is 50.6 Å². The number of imidazole rings is 1. The van der Waals surface area contributed by atoms with E-state index in [4.69, 9.17) is 0 Å². The number of hydrogen-bond acceptors (Lipinski definition) is 5. The van der Waals surface area contributed by atoms with Gasteiger partial charge in [0.25, 0.3) is 5.91 Å². The Labute approximate surface area is 184 Å². The van der Waals surface area contributed by atoms with Gasteiger partial charge in [-0.1, -0.05) is 29.8 Å². The molecule has 8 nitrogen and oxygen atoms in total. The number of carbonyl (C=O) groups excluding carboxylic acids is 3. The van der Waals surface area contributed by atoms with Gasteiger partial charge in [-0.25, -0.2) is 9.78 Å². The lowest BCUT2D eigenvalue weighted by molar-refractivity contribution is -0.138. The molecule has 1 saturated heterocycles. The largest absolute Gasteiger partial charge is 0.338 e. The maximum atomic E-state index is 13.1. The van der Waals surface area contributed by atoms with E-state index in [0.717, 1.165) is 31.7 Å². The van der Waals surface area contributed by atoms with Crippen molar-refractivity contribution in [1.82, 2.24) is 24.5 Å². The first-order chi connectivity index (χ1) is 14.6. The highest BCUT2D eigenvalue weighted by Gasteiger charge is 2.49. The van der Waals surface area contributed by atoms with Gasteiger partial charge in [-0.2, -0.15) is 0 Å². The van der Waals surface area contributed by atoms with Gasteiger partial charge in [-0.15, -0.1) is 11.3 Å². The molecule has 31 heavy (non-hydrogen) atoms. The Morgan fingerprint density at radius 2 is 1.87 bits per heavy atom. The molecule has 9 heteroatoms. The molecule has 1 aromatic carbocycles. The molecule has 3 aromatic rings. The number of nitrogens with zero attached hydrogens (tertiary/aromatic N) is 4. The fourth-order valence-corrected chi connectivity index (χ4v) is 4.68. The predicted octanol–water partition coefficient (Wildman–Crippen LogP) is 2.75. The minimum Gasteiger partial charge on any atom is -0.338 e. The van der Waals surface area contributed by atoms with Gasteiger partial charge in [-0.05, 0) is 33.3 Å². The van der Waals surface area contributed by atoms with E-state index in [1.807, 2.05) is 55.6 Å². The van der Waals surface area contributed by atoms with Gasteiger partial charge < -0.3 is 10.2 Å². The summed E-state index contributed by atoms with van der Waals surface area (Å²) in [6.07, 6.45) is 2.00. The van der Waals surface area contributed by atoms with Crippen LogP contribution in [0.5, 0.6) is 0 Å². The number of fused-ring (bicyclic) bond motifs is 1. The van der Waals surface area contributed by atoms with Crippen LogP contribution in [0.1, 0.15) is 34.3 Å². The Hall–Kier alpha value is -3.20. The lowest BCUT2D eigenvalue weighted by Gasteiger charge is -2.23. The second-order valence-corrected chi connectivity index (χ2v) is 9.41. The Bertz CT molecular complexity index is 1200. The number of amides is 4. The third kappa shape index (κ3) is 3.59. The molecular weight excluding hydrogens is 414 g/mol. The second kappa shape index (κ2) is 7.49. The van der Waals surface area contributed by atoms with Crippen LogP contribution in [0.3, 0.4) is 0 Å². The Balaban J connectivity index is 1.49. The first kappa shape index (κ1) is 21.0. The van der Waals surface area contributed by atoms with E-state index in [9.17, 15) is 14.4 Å². The lowest BCUT2D eigenvalue weighted by atomic mass is 9.91. The van der Waals surface area contributed by atoms with Gasteiger partial charge in [-0.3, -0.25) is 18.9 Å². The molecule has 4 rings (SSSR count). The molecule has 0 aliphatic carbocycles. The maximum Gasteiger partial charge on any atom is 0.325 e. The summed E-state index contributed by atoms with van der Waals surface area (Å²) in [7, 11) is 1.66. The molecule has 1 atom stereocenters. The zero-order valence-corrected chi connectivity index (χ0v) is 19.0. The first-order valence-corrected chi connectivity index (χ1v) is 10.8. The van der Waals surface area contributed by atoms with Crippen LogP contribution in [0.4, 0.5) is 4.79 Å². The quantitative estimate of drug-likeness (QED) is 0.620. The van der Waals surface area contributed by atoms with Crippen LogP contribution < -0.4 is 5.32 Å². The number of aromatic nitrogens is 2. The molecule has 1 unspecified atom stereocenters. The van der Waals surface area contributed by atoms with Crippen molar-refractivity contribution >= 4 is 34.1 Å². The van der Waals surface area contributed by atoms with Crippen LogP contribution in [0.25, 0.3) is 4.96 Å². The van der Waals surface area contributed by atoms with Crippen molar-refractivity contribution in [3.63, 3.8) is 0 Å². The monoisotopic (exact) mass is 439 g/mol. The number of imide groups is 1. The van der Waals surface area contributed by atoms with Crippen molar-refractivity contribution < 1.29 is 14.4 Å².